The van der Waals surface area contributed by atoms with Crippen molar-refractivity contribution < 1.29 is 23.1 Å². The van der Waals surface area contributed by atoms with Crippen molar-refractivity contribution in [3.63, 3.8) is 0 Å². The van der Waals surface area contributed by atoms with E-state index in [1.807, 2.05) is 6.92 Å². The van der Waals surface area contributed by atoms with Crippen LogP contribution < -0.4 is 4.90 Å². The number of benzene rings is 1. The fourth-order valence-electron chi connectivity index (χ4n) is 3.66. The van der Waals surface area contributed by atoms with E-state index in [1.165, 1.54) is 13.0 Å². The van der Waals surface area contributed by atoms with Crippen LogP contribution in [-0.2, 0) is 26.0 Å². The molecule has 0 unspecified atom stereocenters. The third-order valence-corrected chi connectivity index (χ3v) is 6.61. The van der Waals surface area contributed by atoms with Crippen molar-refractivity contribution in [2.75, 3.05) is 11.4 Å². The number of rotatable bonds is 3. The van der Waals surface area contributed by atoms with Gasteiger partial charge in [-0.2, -0.15) is 4.31 Å². The number of fused-ring (bicyclic) bond motifs is 1. The largest absolute Gasteiger partial charge is 0.480 e. The monoisotopic (exact) mass is 352 g/mol. The summed E-state index contributed by atoms with van der Waals surface area (Å²) in [7, 11) is -3.86. The minimum Gasteiger partial charge on any atom is -0.480 e. The Kier molecular flexibility index (Phi) is 4.13. The molecular weight excluding hydrogens is 332 g/mol. The lowest BCUT2D eigenvalue weighted by molar-refractivity contribution is -0.140. The van der Waals surface area contributed by atoms with E-state index >= 15 is 0 Å². The Balaban J connectivity index is 1.98. The van der Waals surface area contributed by atoms with Gasteiger partial charge in [-0.3, -0.25) is 9.59 Å². The minimum absolute atomic E-state index is 0.0194. The van der Waals surface area contributed by atoms with E-state index in [-0.39, 0.29) is 23.4 Å². The average molecular weight is 352 g/mol. The van der Waals surface area contributed by atoms with Crippen LogP contribution in [-0.4, -0.2) is 48.3 Å². The summed E-state index contributed by atoms with van der Waals surface area (Å²) in [5, 5.41) is 9.23. The maximum Gasteiger partial charge on any atom is 0.322 e. The highest BCUT2D eigenvalue weighted by Crippen LogP contribution is 2.35. The van der Waals surface area contributed by atoms with E-state index in [1.54, 1.807) is 17.0 Å². The summed E-state index contributed by atoms with van der Waals surface area (Å²) in [5.41, 5.74) is 1.52. The van der Waals surface area contributed by atoms with Gasteiger partial charge >= 0.3 is 5.97 Å². The third-order valence-electron chi connectivity index (χ3n) is 4.70. The first-order valence-corrected chi connectivity index (χ1v) is 9.35. The Bertz CT molecular complexity index is 805. The summed E-state index contributed by atoms with van der Waals surface area (Å²) < 4.78 is 26.7. The molecule has 2 atom stereocenters. The highest BCUT2D eigenvalue weighted by molar-refractivity contribution is 7.89. The maximum atomic E-state index is 12.8. The number of carboxylic acids is 1. The van der Waals surface area contributed by atoms with Crippen LogP contribution in [0.3, 0.4) is 0 Å². The lowest BCUT2D eigenvalue weighted by atomic mass is 10.1. The van der Waals surface area contributed by atoms with Crippen LogP contribution in [0.2, 0.25) is 0 Å². The van der Waals surface area contributed by atoms with Gasteiger partial charge < -0.3 is 10.0 Å². The van der Waals surface area contributed by atoms with Crippen molar-refractivity contribution in [3.05, 3.63) is 23.8 Å². The van der Waals surface area contributed by atoms with E-state index in [9.17, 15) is 23.1 Å². The maximum absolute atomic E-state index is 12.8. The minimum atomic E-state index is -3.86. The topological polar surface area (TPSA) is 95.0 Å². The van der Waals surface area contributed by atoms with E-state index in [0.29, 0.717) is 19.3 Å². The highest BCUT2D eigenvalue weighted by Gasteiger charge is 2.40. The molecule has 1 aromatic rings. The molecule has 7 nitrogen and oxygen atoms in total. The molecule has 1 aromatic carbocycles. The second-order valence-electron chi connectivity index (χ2n) is 6.34. The van der Waals surface area contributed by atoms with Gasteiger partial charge in [-0.1, -0.05) is 0 Å². The Morgan fingerprint density at radius 3 is 2.62 bits per heavy atom. The van der Waals surface area contributed by atoms with Gasteiger partial charge in [0.15, 0.2) is 0 Å². The smallest absolute Gasteiger partial charge is 0.322 e. The van der Waals surface area contributed by atoms with Crippen molar-refractivity contribution in [2.45, 2.75) is 50.1 Å². The fraction of sp³-hybridized carbons (Fsp3) is 0.500. The normalized spacial score (nSPS) is 24.2. The zero-order valence-electron chi connectivity index (χ0n) is 13.6. The van der Waals surface area contributed by atoms with E-state index in [0.717, 1.165) is 15.6 Å². The summed E-state index contributed by atoms with van der Waals surface area (Å²) in [6.07, 6.45) is 1.45. The van der Waals surface area contributed by atoms with Crippen molar-refractivity contribution in [1.29, 1.82) is 0 Å². The van der Waals surface area contributed by atoms with Crippen molar-refractivity contribution in [1.82, 2.24) is 4.31 Å². The number of carbonyl (C=O) groups excluding carboxylic acids is 1. The standard InChI is InChI=1S/C16H20N2O5S/c1-10-8-12-9-13(5-6-14(12)18(10)11(2)19)24(22,23)17-7-3-4-15(17)16(20)21/h5-6,9-10,15H,3-4,7-8H2,1-2H3,(H,20,21)/t10-,15+/m1/s1. The van der Waals surface area contributed by atoms with Gasteiger partial charge in [0.1, 0.15) is 6.04 Å². The Labute approximate surface area is 140 Å². The number of anilines is 1. The van der Waals surface area contributed by atoms with Gasteiger partial charge in [0.05, 0.1) is 4.90 Å². The summed E-state index contributed by atoms with van der Waals surface area (Å²) in [6.45, 7) is 3.61. The number of hydrogen-bond donors (Lipinski definition) is 1. The van der Waals surface area contributed by atoms with E-state index < -0.39 is 22.0 Å². The molecule has 2 heterocycles. The number of carboxylic acid groups (broad SMARTS) is 1. The number of hydrogen-bond acceptors (Lipinski definition) is 4. The lowest BCUT2D eigenvalue weighted by Gasteiger charge is -2.22. The SMILES string of the molecule is CC(=O)N1c2ccc(S(=O)(=O)N3CCC[C@H]3C(=O)O)cc2C[C@H]1C. The van der Waals surface area contributed by atoms with Crippen LogP contribution in [0.1, 0.15) is 32.3 Å². The molecule has 24 heavy (non-hydrogen) atoms. The quantitative estimate of drug-likeness (QED) is 0.883. The van der Waals surface area contributed by atoms with E-state index in [4.69, 9.17) is 0 Å². The molecule has 8 heteroatoms. The lowest BCUT2D eigenvalue weighted by Crippen LogP contribution is -2.40. The molecule has 1 saturated heterocycles. The number of sulfonamides is 1. The molecule has 0 aliphatic carbocycles. The van der Waals surface area contributed by atoms with Gasteiger partial charge in [0.2, 0.25) is 15.9 Å². The van der Waals surface area contributed by atoms with Crippen molar-refractivity contribution in [3.8, 4) is 0 Å². The summed E-state index contributed by atoms with van der Waals surface area (Å²) >= 11 is 0. The molecule has 0 bridgehead atoms. The molecule has 1 amide bonds. The second kappa shape index (κ2) is 5.86. The van der Waals surface area contributed by atoms with Gasteiger partial charge in [-0.15, -0.1) is 0 Å². The summed E-state index contributed by atoms with van der Waals surface area (Å²) in [5.74, 6) is -1.20. The molecule has 0 radical (unpaired) electrons. The molecule has 130 valence electrons. The van der Waals surface area contributed by atoms with Crippen LogP contribution >= 0.6 is 0 Å². The zero-order chi connectivity index (χ0) is 17.6. The fourth-order valence-corrected chi connectivity index (χ4v) is 5.36. The van der Waals surface area contributed by atoms with Crippen LogP contribution in [0.5, 0.6) is 0 Å². The predicted molar refractivity (Wildman–Crippen MR) is 87.3 cm³/mol. The average Bonchev–Trinajstić information content (AvgIpc) is 3.09. The third kappa shape index (κ3) is 2.59. The van der Waals surface area contributed by atoms with E-state index in [2.05, 4.69) is 0 Å². The van der Waals surface area contributed by atoms with Crippen LogP contribution in [0.25, 0.3) is 0 Å². The first-order chi connectivity index (χ1) is 11.2. The first kappa shape index (κ1) is 16.9. The number of carbonyl (C=O) groups is 2. The molecule has 1 N–H and O–H groups in total. The molecule has 0 saturated carbocycles. The van der Waals surface area contributed by atoms with Crippen molar-refractivity contribution in [2.24, 2.45) is 0 Å². The van der Waals surface area contributed by atoms with Crippen LogP contribution in [0.15, 0.2) is 23.1 Å². The second-order valence-corrected chi connectivity index (χ2v) is 8.24. The number of nitrogens with zero attached hydrogens (tertiary/aromatic N) is 2. The molecule has 3 rings (SSSR count). The number of aliphatic carboxylic acids is 1. The van der Waals surface area contributed by atoms with Gasteiger partial charge in [-0.05, 0) is 49.9 Å². The highest BCUT2D eigenvalue weighted by atomic mass is 32.2. The number of amides is 1. The van der Waals surface area contributed by atoms with Crippen LogP contribution in [0.4, 0.5) is 5.69 Å². The summed E-state index contributed by atoms with van der Waals surface area (Å²) in [4.78, 5) is 24.8. The summed E-state index contributed by atoms with van der Waals surface area (Å²) in [6, 6.07) is 3.64. The van der Waals surface area contributed by atoms with Gasteiger partial charge in [0, 0.05) is 25.2 Å². The Morgan fingerprint density at radius 1 is 1.29 bits per heavy atom. The Hall–Kier alpha value is -1.93. The first-order valence-electron chi connectivity index (χ1n) is 7.91. The molecular formula is C16H20N2O5S. The van der Waals surface area contributed by atoms with Gasteiger partial charge in [0.25, 0.3) is 0 Å². The zero-order valence-corrected chi connectivity index (χ0v) is 14.4. The molecule has 1 fully saturated rings. The molecule has 2 aliphatic rings. The van der Waals surface area contributed by atoms with Crippen LogP contribution in [0, 0.1) is 0 Å². The molecule has 2 aliphatic heterocycles. The molecule has 0 spiro atoms. The molecule has 0 aromatic heterocycles. The Morgan fingerprint density at radius 2 is 2.00 bits per heavy atom. The predicted octanol–water partition coefficient (Wildman–Crippen LogP) is 1.22. The van der Waals surface area contributed by atoms with Crippen molar-refractivity contribution >= 4 is 27.6 Å². The van der Waals surface area contributed by atoms with Gasteiger partial charge in [-0.25, -0.2) is 8.42 Å².